The number of carboxylic acid groups (broad SMARTS) is 1. The van der Waals surface area contributed by atoms with Crippen LogP contribution < -0.4 is 0 Å². The van der Waals surface area contributed by atoms with E-state index < -0.39 is 23.9 Å². The van der Waals surface area contributed by atoms with Gasteiger partial charge >= 0.3 is 11.9 Å². The Morgan fingerprint density at radius 2 is 1.89 bits per heavy atom. The highest BCUT2D eigenvalue weighted by Gasteiger charge is 2.49. The Bertz CT molecular complexity index is 404. The fraction of sp³-hybridized carbons (Fsp3) is 0.500. The lowest BCUT2D eigenvalue weighted by atomic mass is 10.0. The summed E-state index contributed by atoms with van der Waals surface area (Å²) in [6.07, 6.45) is -1.14. The Morgan fingerprint density at radius 3 is 2.37 bits per heavy atom. The van der Waals surface area contributed by atoms with E-state index in [0.29, 0.717) is 6.42 Å². The molecule has 1 unspecified atom stereocenters. The lowest BCUT2D eigenvalue weighted by Crippen LogP contribution is -2.46. The van der Waals surface area contributed by atoms with Crippen LogP contribution in [0.5, 0.6) is 0 Å². The molecule has 0 amide bonds. The van der Waals surface area contributed by atoms with Crippen molar-refractivity contribution in [2.75, 3.05) is 6.61 Å². The van der Waals surface area contributed by atoms with Crippen molar-refractivity contribution >= 4 is 5.97 Å². The molecule has 19 heavy (non-hydrogen) atoms. The number of carbonyl (C=O) groups is 1. The number of alkyl halides is 2. The van der Waals surface area contributed by atoms with Gasteiger partial charge in [-0.2, -0.15) is 8.78 Å². The number of aliphatic carboxylic acids is 1. The van der Waals surface area contributed by atoms with Gasteiger partial charge in [0.25, 0.3) is 0 Å². The molecule has 0 radical (unpaired) electrons. The van der Waals surface area contributed by atoms with E-state index >= 15 is 0 Å². The number of ether oxygens (including phenoxy) is 1. The largest absolute Gasteiger partial charge is 0.477 e. The fourth-order valence-electron chi connectivity index (χ4n) is 1.79. The van der Waals surface area contributed by atoms with Crippen molar-refractivity contribution in [1.82, 2.24) is 0 Å². The van der Waals surface area contributed by atoms with Gasteiger partial charge in [-0.15, -0.1) is 0 Å². The van der Waals surface area contributed by atoms with Gasteiger partial charge in [-0.1, -0.05) is 44.2 Å². The number of hydrogen-bond donors (Lipinski definition) is 1. The Labute approximate surface area is 111 Å². The Balaban J connectivity index is 2.59. The zero-order valence-electron chi connectivity index (χ0n) is 11.0. The van der Waals surface area contributed by atoms with Gasteiger partial charge in [0.15, 0.2) is 0 Å². The molecule has 5 heteroatoms. The van der Waals surface area contributed by atoms with Crippen molar-refractivity contribution in [3.8, 4) is 0 Å². The molecule has 0 aliphatic rings. The van der Waals surface area contributed by atoms with Crippen molar-refractivity contribution in [3.63, 3.8) is 0 Å². The second-order valence-corrected chi connectivity index (χ2v) is 4.70. The van der Waals surface area contributed by atoms with Crippen LogP contribution in [0.25, 0.3) is 0 Å². The van der Waals surface area contributed by atoms with Crippen LogP contribution in [0.1, 0.15) is 19.4 Å². The molecule has 1 atom stereocenters. The molecule has 0 heterocycles. The highest BCUT2D eigenvalue weighted by Crippen LogP contribution is 2.27. The minimum Gasteiger partial charge on any atom is -0.477 e. The van der Waals surface area contributed by atoms with Gasteiger partial charge < -0.3 is 9.84 Å². The first-order chi connectivity index (χ1) is 8.85. The zero-order valence-corrected chi connectivity index (χ0v) is 11.0. The van der Waals surface area contributed by atoms with Gasteiger partial charge in [0.1, 0.15) is 6.10 Å². The maximum absolute atomic E-state index is 13.5. The average molecular weight is 272 g/mol. The van der Waals surface area contributed by atoms with Crippen LogP contribution in [-0.4, -0.2) is 29.7 Å². The topological polar surface area (TPSA) is 46.5 Å². The van der Waals surface area contributed by atoms with Crippen molar-refractivity contribution < 1.29 is 23.4 Å². The molecular weight excluding hydrogens is 254 g/mol. The summed E-state index contributed by atoms with van der Waals surface area (Å²) < 4.78 is 32.0. The van der Waals surface area contributed by atoms with E-state index in [4.69, 9.17) is 9.84 Å². The molecular formula is C14H18F2O3. The lowest BCUT2D eigenvalue weighted by Gasteiger charge is -2.26. The molecule has 0 aliphatic carbocycles. The van der Waals surface area contributed by atoms with Crippen LogP contribution >= 0.6 is 0 Å². The quantitative estimate of drug-likeness (QED) is 0.830. The van der Waals surface area contributed by atoms with E-state index in [1.54, 1.807) is 0 Å². The summed E-state index contributed by atoms with van der Waals surface area (Å²) >= 11 is 0. The molecule has 0 aliphatic heterocycles. The van der Waals surface area contributed by atoms with Crippen LogP contribution in [0.2, 0.25) is 0 Å². The number of carboxylic acids is 1. The second kappa shape index (κ2) is 6.61. The molecule has 1 aromatic carbocycles. The molecule has 0 saturated carbocycles. The molecule has 0 fully saturated rings. The number of rotatable bonds is 7. The van der Waals surface area contributed by atoms with Gasteiger partial charge in [-0.25, -0.2) is 4.79 Å². The third kappa shape index (κ3) is 4.28. The van der Waals surface area contributed by atoms with E-state index in [1.807, 2.05) is 30.3 Å². The van der Waals surface area contributed by atoms with Gasteiger partial charge in [-0.3, -0.25) is 0 Å². The van der Waals surface area contributed by atoms with Crippen molar-refractivity contribution in [2.24, 2.45) is 5.92 Å². The molecule has 106 valence electrons. The minimum absolute atomic E-state index is 0.0652. The van der Waals surface area contributed by atoms with E-state index in [2.05, 4.69) is 0 Å². The molecule has 0 bridgehead atoms. The monoisotopic (exact) mass is 272 g/mol. The second-order valence-electron chi connectivity index (χ2n) is 4.70. The van der Waals surface area contributed by atoms with E-state index in [9.17, 15) is 13.6 Å². The zero-order chi connectivity index (χ0) is 14.5. The Kier molecular flexibility index (Phi) is 5.42. The summed E-state index contributed by atoms with van der Waals surface area (Å²) in [5, 5.41) is 8.55. The summed E-state index contributed by atoms with van der Waals surface area (Å²) in [4.78, 5) is 10.6. The summed E-state index contributed by atoms with van der Waals surface area (Å²) in [5.74, 6) is -6.60. The van der Waals surface area contributed by atoms with Crippen molar-refractivity contribution in [1.29, 1.82) is 0 Å². The standard InChI is InChI=1S/C14H18F2O3/c1-10(2)12(14(15,16)13(17)18)19-9-8-11-6-4-3-5-7-11/h3-7,10,12H,8-9H2,1-2H3,(H,17,18). The first-order valence-electron chi connectivity index (χ1n) is 6.12. The summed E-state index contributed by atoms with van der Waals surface area (Å²) in [6, 6.07) is 9.29. The summed E-state index contributed by atoms with van der Waals surface area (Å²) in [5.41, 5.74) is 0.962. The SMILES string of the molecule is CC(C)C(OCCc1ccccc1)C(F)(F)C(=O)O. The Morgan fingerprint density at radius 1 is 1.32 bits per heavy atom. The van der Waals surface area contributed by atoms with E-state index in [1.165, 1.54) is 13.8 Å². The van der Waals surface area contributed by atoms with Gasteiger partial charge in [0, 0.05) is 0 Å². The fourth-order valence-corrected chi connectivity index (χ4v) is 1.79. The number of benzene rings is 1. The maximum atomic E-state index is 13.5. The van der Waals surface area contributed by atoms with Crippen LogP contribution in [0, 0.1) is 5.92 Å². The average Bonchev–Trinajstić information content (AvgIpc) is 2.35. The predicted molar refractivity (Wildman–Crippen MR) is 67.3 cm³/mol. The van der Waals surface area contributed by atoms with E-state index in [-0.39, 0.29) is 6.61 Å². The first kappa shape index (κ1) is 15.6. The van der Waals surface area contributed by atoms with Crippen LogP contribution in [0.15, 0.2) is 30.3 Å². The molecule has 1 rings (SSSR count). The summed E-state index contributed by atoms with van der Waals surface area (Å²) in [7, 11) is 0. The predicted octanol–water partition coefficient (Wildman–Crippen LogP) is 2.99. The third-order valence-corrected chi connectivity index (χ3v) is 2.78. The molecule has 3 nitrogen and oxygen atoms in total. The Hall–Kier alpha value is -1.49. The number of halogens is 2. The highest BCUT2D eigenvalue weighted by molar-refractivity contribution is 5.76. The van der Waals surface area contributed by atoms with Crippen LogP contribution in [0.4, 0.5) is 8.78 Å². The lowest BCUT2D eigenvalue weighted by molar-refractivity contribution is -0.195. The van der Waals surface area contributed by atoms with Crippen molar-refractivity contribution in [3.05, 3.63) is 35.9 Å². The normalized spacial score (nSPS) is 13.5. The smallest absolute Gasteiger partial charge is 0.377 e. The van der Waals surface area contributed by atoms with Gasteiger partial charge in [-0.05, 0) is 17.9 Å². The van der Waals surface area contributed by atoms with Crippen LogP contribution in [0.3, 0.4) is 0 Å². The highest BCUT2D eigenvalue weighted by atomic mass is 19.3. The minimum atomic E-state index is -3.87. The molecule has 0 spiro atoms. The molecule has 0 aromatic heterocycles. The summed E-state index contributed by atoms with van der Waals surface area (Å²) in [6.45, 7) is 3.10. The van der Waals surface area contributed by atoms with Gasteiger partial charge in [0.05, 0.1) is 6.61 Å². The first-order valence-corrected chi connectivity index (χ1v) is 6.12. The molecule has 1 aromatic rings. The third-order valence-electron chi connectivity index (χ3n) is 2.78. The molecule has 1 N–H and O–H groups in total. The van der Waals surface area contributed by atoms with Crippen molar-refractivity contribution in [2.45, 2.75) is 32.3 Å². The van der Waals surface area contributed by atoms with Crippen LogP contribution in [-0.2, 0) is 16.0 Å². The molecule has 0 saturated heterocycles. The van der Waals surface area contributed by atoms with E-state index in [0.717, 1.165) is 5.56 Å². The maximum Gasteiger partial charge on any atom is 0.377 e. The number of hydrogen-bond acceptors (Lipinski definition) is 2. The van der Waals surface area contributed by atoms with Gasteiger partial charge in [0.2, 0.25) is 0 Å².